The quantitative estimate of drug-likeness (QED) is 0.557. The number of hydrogen-bond donors (Lipinski definition) is 0. The predicted molar refractivity (Wildman–Crippen MR) is 61.7 cm³/mol. The summed E-state index contributed by atoms with van der Waals surface area (Å²) in [5, 5.41) is 3.74. The van der Waals surface area contributed by atoms with E-state index < -0.39 is 17.5 Å². The fourth-order valence-corrected chi connectivity index (χ4v) is 2.62. The maximum absolute atomic E-state index is 11.9. The molecule has 0 saturated heterocycles. The van der Waals surface area contributed by atoms with Gasteiger partial charge < -0.3 is 4.74 Å². The van der Waals surface area contributed by atoms with Gasteiger partial charge in [-0.15, -0.1) is 0 Å². The summed E-state index contributed by atoms with van der Waals surface area (Å²) in [4.78, 5) is 23.7. The second kappa shape index (κ2) is 3.70. The van der Waals surface area contributed by atoms with E-state index in [1.54, 1.807) is 20.8 Å². The zero-order valence-electron chi connectivity index (χ0n) is 9.57. The highest BCUT2D eigenvalue weighted by molar-refractivity contribution is 7.08. The van der Waals surface area contributed by atoms with Gasteiger partial charge in [0.25, 0.3) is 0 Å². The summed E-state index contributed by atoms with van der Waals surface area (Å²) in [5.41, 5.74) is 1.14. The molecule has 0 spiro atoms. The fraction of sp³-hybridized carbons (Fsp3) is 0.500. The highest BCUT2D eigenvalue weighted by Crippen LogP contribution is 2.31. The minimum Gasteiger partial charge on any atom is -0.459 e. The maximum atomic E-state index is 11.9. The molecule has 1 aromatic rings. The van der Waals surface area contributed by atoms with Crippen LogP contribution in [0.25, 0.3) is 0 Å². The monoisotopic (exact) mass is 238 g/mol. The molecule has 0 aromatic carbocycles. The van der Waals surface area contributed by atoms with Crippen molar-refractivity contribution in [3.8, 4) is 0 Å². The van der Waals surface area contributed by atoms with E-state index in [4.69, 9.17) is 4.74 Å². The number of fused-ring (bicyclic) bond motifs is 1. The number of Topliss-reactive ketones (excluding diaryl/α,β-unsaturated/α-hetero) is 1. The Morgan fingerprint density at radius 3 is 2.69 bits per heavy atom. The van der Waals surface area contributed by atoms with Gasteiger partial charge in [-0.05, 0) is 38.1 Å². The number of carbonyl (C=O) groups is 2. The topological polar surface area (TPSA) is 43.4 Å². The average Bonchev–Trinajstić information content (AvgIpc) is 2.66. The Hall–Kier alpha value is -1.16. The molecule has 0 bridgehead atoms. The smallest absolute Gasteiger partial charge is 0.317 e. The van der Waals surface area contributed by atoms with Gasteiger partial charge in [0, 0.05) is 10.9 Å². The summed E-state index contributed by atoms with van der Waals surface area (Å²) in [6, 6.07) is 0. The van der Waals surface area contributed by atoms with Crippen molar-refractivity contribution in [3.63, 3.8) is 0 Å². The normalized spacial score (nSPS) is 19.7. The third kappa shape index (κ3) is 2.02. The number of esters is 1. The molecule has 1 aromatic heterocycles. The van der Waals surface area contributed by atoms with Crippen molar-refractivity contribution in [2.24, 2.45) is 5.92 Å². The number of carbonyl (C=O) groups excluding carboxylic acids is 2. The minimum absolute atomic E-state index is 0.0921. The van der Waals surface area contributed by atoms with E-state index in [0.717, 1.165) is 5.56 Å². The highest BCUT2D eigenvalue weighted by Gasteiger charge is 2.38. The molecule has 1 aliphatic rings. The molecule has 0 saturated carbocycles. The molecule has 1 aliphatic carbocycles. The van der Waals surface area contributed by atoms with Crippen LogP contribution in [0.3, 0.4) is 0 Å². The van der Waals surface area contributed by atoms with E-state index in [2.05, 4.69) is 0 Å². The zero-order chi connectivity index (χ0) is 11.9. The molecule has 0 fully saturated rings. The van der Waals surface area contributed by atoms with E-state index >= 15 is 0 Å². The van der Waals surface area contributed by atoms with Crippen molar-refractivity contribution in [1.82, 2.24) is 0 Å². The van der Waals surface area contributed by atoms with Crippen LogP contribution in [0.4, 0.5) is 0 Å². The van der Waals surface area contributed by atoms with Crippen molar-refractivity contribution in [2.45, 2.75) is 32.8 Å². The van der Waals surface area contributed by atoms with Gasteiger partial charge in [-0.25, -0.2) is 0 Å². The molecule has 16 heavy (non-hydrogen) atoms. The third-order valence-corrected chi connectivity index (χ3v) is 3.23. The molecule has 1 heterocycles. The van der Waals surface area contributed by atoms with Crippen LogP contribution in [0.2, 0.25) is 0 Å². The lowest BCUT2D eigenvalue weighted by Crippen LogP contribution is -2.31. The molecule has 0 aliphatic heterocycles. The lowest BCUT2D eigenvalue weighted by atomic mass is 10.1. The number of thiophene rings is 1. The average molecular weight is 238 g/mol. The molecule has 4 heteroatoms. The lowest BCUT2D eigenvalue weighted by molar-refractivity contribution is -0.157. The van der Waals surface area contributed by atoms with Gasteiger partial charge in [0.15, 0.2) is 5.78 Å². The lowest BCUT2D eigenvalue weighted by Gasteiger charge is -2.21. The van der Waals surface area contributed by atoms with Crippen LogP contribution < -0.4 is 0 Å². The Kier molecular flexibility index (Phi) is 2.62. The summed E-state index contributed by atoms with van der Waals surface area (Å²) in [5.74, 6) is -1.12. The predicted octanol–water partition coefficient (Wildman–Crippen LogP) is 2.44. The summed E-state index contributed by atoms with van der Waals surface area (Å²) >= 11 is 1.50. The first-order valence-electron chi connectivity index (χ1n) is 5.20. The van der Waals surface area contributed by atoms with Crippen LogP contribution >= 0.6 is 11.3 Å². The van der Waals surface area contributed by atoms with Crippen LogP contribution in [-0.4, -0.2) is 17.4 Å². The van der Waals surface area contributed by atoms with Crippen LogP contribution in [-0.2, 0) is 16.0 Å². The first-order valence-corrected chi connectivity index (χ1v) is 6.15. The molecule has 1 atom stereocenters. The molecule has 1 unspecified atom stereocenters. The van der Waals surface area contributed by atoms with Gasteiger partial charge in [-0.2, -0.15) is 11.3 Å². The van der Waals surface area contributed by atoms with Crippen molar-refractivity contribution in [3.05, 3.63) is 21.9 Å². The van der Waals surface area contributed by atoms with Crippen molar-refractivity contribution >= 4 is 23.1 Å². The van der Waals surface area contributed by atoms with Crippen molar-refractivity contribution < 1.29 is 14.3 Å². The maximum Gasteiger partial charge on any atom is 0.317 e. The molecule has 0 amide bonds. The van der Waals surface area contributed by atoms with Gasteiger partial charge in [-0.3, -0.25) is 9.59 Å². The van der Waals surface area contributed by atoms with Gasteiger partial charge in [0.1, 0.15) is 11.5 Å². The van der Waals surface area contributed by atoms with Crippen molar-refractivity contribution in [1.29, 1.82) is 0 Å². The first kappa shape index (κ1) is 11.3. The van der Waals surface area contributed by atoms with E-state index in [1.807, 2.05) is 10.8 Å². The number of rotatable bonds is 1. The second-order valence-electron chi connectivity index (χ2n) is 4.97. The standard InChI is InChI=1S/C12H14O3S/c1-12(2,3)15-11(14)8-4-7-5-16-6-9(7)10(8)13/h5-6,8H,4H2,1-3H3. The Balaban J connectivity index is 2.12. The Morgan fingerprint density at radius 1 is 1.44 bits per heavy atom. The summed E-state index contributed by atoms with van der Waals surface area (Å²) < 4.78 is 5.24. The largest absolute Gasteiger partial charge is 0.459 e. The van der Waals surface area contributed by atoms with Gasteiger partial charge >= 0.3 is 5.97 Å². The molecule has 2 rings (SSSR count). The number of ether oxygens (including phenoxy) is 1. The summed E-state index contributed by atoms with van der Waals surface area (Å²) in [6.07, 6.45) is 0.493. The highest BCUT2D eigenvalue weighted by atomic mass is 32.1. The van der Waals surface area contributed by atoms with Gasteiger partial charge in [0.2, 0.25) is 0 Å². The second-order valence-corrected chi connectivity index (χ2v) is 5.71. The van der Waals surface area contributed by atoms with Crippen LogP contribution in [0.5, 0.6) is 0 Å². The Bertz CT molecular complexity index is 439. The van der Waals surface area contributed by atoms with Crippen LogP contribution in [0, 0.1) is 5.92 Å². The molecular formula is C12H14O3S. The SMILES string of the molecule is CC(C)(C)OC(=O)C1Cc2cscc2C1=O. The van der Waals surface area contributed by atoms with Gasteiger partial charge in [0.05, 0.1) is 0 Å². The van der Waals surface area contributed by atoms with E-state index in [0.29, 0.717) is 12.0 Å². The van der Waals surface area contributed by atoms with Crippen LogP contribution in [0.15, 0.2) is 10.8 Å². The van der Waals surface area contributed by atoms with E-state index in [1.165, 1.54) is 11.3 Å². The summed E-state index contributed by atoms with van der Waals surface area (Å²) in [6.45, 7) is 5.42. The van der Waals surface area contributed by atoms with Crippen molar-refractivity contribution in [2.75, 3.05) is 0 Å². The van der Waals surface area contributed by atoms with Gasteiger partial charge in [-0.1, -0.05) is 0 Å². The van der Waals surface area contributed by atoms with E-state index in [-0.39, 0.29) is 5.78 Å². The number of hydrogen-bond acceptors (Lipinski definition) is 4. The molecule has 86 valence electrons. The Morgan fingerprint density at radius 2 is 2.12 bits per heavy atom. The molecule has 0 radical (unpaired) electrons. The third-order valence-electron chi connectivity index (χ3n) is 2.44. The molecule has 0 N–H and O–H groups in total. The number of ketones is 1. The Labute approximate surface area is 98.4 Å². The minimum atomic E-state index is -0.627. The summed E-state index contributed by atoms with van der Waals surface area (Å²) in [7, 11) is 0. The first-order chi connectivity index (χ1) is 7.38. The fourth-order valence-electron chi connectivity index (χ4n) is 1.76. The zero-order valence-corrected chi connectivity index (χ0v) is 10.4. The molecule has 3 nitrogen and oxygen atoms in total. The molecular weight excluding hydrogens is 224 g/mol. The van der Waals surface area contributed by atoms with E-state index in [9.17, 15) is 9.59 Å². The van der Waals surface area contributed by atoms with Crippen LogP contribution in [0.1, 0.15) is 36.7 Å².